The molecule has 0 amide bonds. The van der Waals surface area contributed by atoms with E-state index in [9.17, 15) is 9.59 Å². The molecule has 0 radical (unpaired) electrons. The van der Waals surface area contributed by atoms with E-state index < -0.39 is 11.9 Å². The summed E-state index contributed by atoms with van der Waals surface area (Å²) in [6.07, 6.45) is 1.83. The van der Waals surface area contributed by atoms with Crippen LogP contribution in [0.5, 0.6) is 11.5 Å². The normalized spacial score (nSPS) is 10.3. The highest BCUT2D eigenvalue weighted by atomic mass is 32.2. The van der Waals surface area contributed by atoms with Crippen LogP contribution < -0.4 is 14.8 Å². The van der Waals surface area contributed by atoms with Gasteiger partial charge in [-0.3, -0.25) is 0 Å². The summed E-state index contributed by atoms with van der Waals surface area (Å²) < 4.78 is 21.7. The fourth-order valence-electron chi connectivity index (χ4n) is 2.45. The van der Waals surface area contributed by atoms with E-state index in [1.165, 1.54) is 30.2 Å². The molecule has 1 aromatic carbocycles. The molecule has 0 bridgehead atoms. The zero-order valence-corrected chi connectivity index (χ0v) is 18.0. The van der Waals surface area contributed by atoms with Gasteiger partial charge in [0.15, 0.2) is 0 Å². The number of hydrogen-bond donors (Lipinski definition) is 1. The Bertz CT molecular complexity index is 849. The van der Waals surface area contributed by atoms with Crippen molar-refractivity contribution >= 4 is 46.4 Å². The number of rotatable bonds is 9. The zero-order chi connectivity index (χ0) is 20.7. The van der Waals surface area contributed by atoms with Gasteiger partial charge in [0.05, 0.1) is 43.0 Å². The summed E-state index contributed by atoms with van der Waals surface area (Å²) in [5.74, 6) is 0.104. The van der Waals surface area contributed by atoms with Crippen molar-refractivity contribution in [2.24, 2.45) is 0 Å². The third-order valence-electron chi connectivity index (χ3n) is 3.67. The average molecular weight is 426 g/mol. The minimum atomic E-state index is -0.511. The van der Waals surface area contributed by atoms with Crippen molar-refractivity contribution in [1.29, 1.82) is 0 Å². The predicted octanol–water partition coefficient (Wildman–Crippen LogP) is 4.58. The first-order valence-corrected chi connectivity index (χ1v) is 10.6. The SMILES string of the molecule is CCOC(=O)c1sc(SC)c(C(=O)OCC)c1Nc1cc(OC)ccc1OC. The molecule has 0 aliphatic rings. The molecule has 0 atom stereocenters. The second-order valence-electron chi connectivity index (χ2n) is 5.30. The molecule has 0 saturated carbocycles. The minimum absolute atomic E-state index is 0.221. The monoisotopic (exact) mass is 425 g/mol. The van der Waals surface area contributed by atoms with E-state index in [4.69, 9.17) is 18.9 Å². The number of ether oxygens (including phenoxy) is 4. The van der Waals surface area contributed by atoms with Gasteiger partial charge in [-0.05, 0) is 32.2 Å². The van der Waals surface area contributed by atoms with Crippen LogP contribution >= 0.6 is 23.1 Å². The Morgan fingerprint density at radius 2 is 1.75 bits per heavy atom. The lowest BCUT2D eigenvalue weighted by atomic mass is 10.2. The van der Waals surface area contributed by atoms with Crippen molar-refractivity contribution in [1.82, 2.24) is 0 Å². The maximum absolute atomic E-state index is 12.6. The highest BCUT2D eigenvalue weighted by Gasteiger charge is 2.29. The van der Waals surface area contributed by atoms with E-state index in [-0.39, 0.29) is 13.2 Å². The lowest BCUT2D eigenvalue weighted by Gasteiger charge is -2.14. The summed E-state index contributed by atoms with van der Waals surface area (Å²) >= 11 is 2.55. The smallest absolute Gasteiger partial charge is 0.350 e. The molecular formula is C19H23NO6S2. The van der Waals surface area contributed by atoms with Gasteiger partial charge in [-0.15, -0.1) is 23.1 Å². The summed E-state index contributed by atoms with van der Waals surface area (Å²) in [6.45, 7) is 3.90. The van der Waals surface area contributed by atoms with Crippen molar-refractivity contribution in [3.8, 4) is 11.5 Å². The van der Waals surface area contributed by atoms with Gasteiger partial charge in [0.1, 0.15) is 21.9 Å². The molecule has 0 fully saturated rings. The van der Waals surface area contributed by atoms with Crippen molar-refractivity contribution < 1.29 is 28.5 Å². The molecule has 0 saturated heterocycles. The number of nitrogens with one attached hydrogen (secondary N) is 1. The van der Waals surface area contributed by atoms with E-state index in [0.29, 0.717) is 37.5 Å². The quantitative estimate of drug-likeness (QED) is 0.462. The number of thioether (sulfide) groups is 1. The van der Waals surface area contributed by atoms with Gasteiger partial charge >= 0.3 is 11.9 Å². The molecule has 7 nitrogen and oxygen atoms in total. The van der Waals surface area contributed by atoms with E-state index in [1.54, 1.807) is 39.2 Å². The van der Waals surface area contributed by atoms with Crippen LogP contribution in [0.2, 0.25) is 0 Å². The van der Waals surface area contributed by atoms with Gasteiger partial charge in [0.2, 0.25) is 0 Å². The van der Waals surface area contributed by atoms with Crippen LogP contribution in [0.15, 0.2) is 22.4 Å². The summed E-state index contributed by atoms with van der Waals surface area (Å²) in [4.78, 5) is 25.4. The Labute approximate surface area is 172 Å². The van der Waals surface area contributed by atoms with Gasteiger partial charge in [-0.25, -0.2) is 9.59 Å². The van der Waals surface area contributed by atoms with Crippen molar-refractivity contribution in [3.05, 3.63) is 28.6 Å². The summed E-state index contributed by atoms with van der Waals surface area (Å²) in [5.41, 5.74) is 1.17. The first-order chi connectivity index (χ1) is 13.5. The van der Waals surface area contributed by atoms with Crippen molar-refractivity contribution in [3.63, 3.8) is 0 Å². The Hall–Kier alpha value is -2.39. The number of hydrogen-bond acceptors (Lipinski definition) is 9. The highest BCUT2D eigenvalue weighted by Crippen LogP contribution is 2.43. The van der Waals surface area contributed by atoms with E-state index in [0.717, 1.165) is 0 Å². The van der Waals surface area contributed by atoms with E-state index in [1.807, 2.05) is 6.26 Å². The van der Waals surface area contributed by atoms with Crippen LogP contribution in [0.25, 0.3) is 0 Å². The van der Waals surface area contributed by atoms with Gasteiger partial charge in [0.25, 0.3) is 0 Å². The molecule has 1 aromatic heterocycles. The Morgan fingerprint density at radius 1 is 1.07 bits per heavy atom. The van der Waals surface area contributed by atoms with Crippen LogP contribution in [-0.4, -0.2) is 45.6 Å². The van der Waals surface area contributed by atoms with E-state index >= 15 is 0 Å². The molecule has 9 heteroatoms. The molecule has 0 aliphatic heterocycles. The second kappa shape index (κ2) is 10.2. The Kier molecular flexibility index (Phi) is 8.01. The first-order valence-electron chi connectivity index (χ1n) is 8.54. The number of carbonyl (C=O) groups is 2. The topological polar surface area (TPSA) is 83.1 Å². The fraction of sp³-hybridized carbons (Fsp3) is 0.368. The second-order valence-corrected chi connectivity index (χ2v) is 7.40. The Morgan fingerprint density at radius 3 is 2.32 bits per heavy atom. The average Bonchev–Trinajstić information content (AvgIpc) is 3.06. The number of thiophene rings is 1. The molecular weight excluding hydrogens is 402 g/mol. The van der Waals surface area contributed by atoms with Crippen LogP contribution in [0.4, 0.5) is 11.4 Å². The highest BCUT2D eigenvalue weighted by molar-refractivity contribution is 8.00. The molecule has 0 aliphatic carbocycles. The maximum atomic E-state index is 12.6. The van der Waals surface area contributed by atoms with Crippen LogP contribution in [0.3, 0.4) is 0 Å². The van der Waals surface area contributed by atoms with Crippen LogP contribution in [0.1, 0.15) is 33.9 Å². The van der Waals surface area contributed by atoms with Gasteiger partial charge in [-0.2, -0.15) is 0 Å². The molecule has 1 N–H and O–H groups in total. The molecule has 0 unspecified atom stereocenters. The molecule has 2 aromatic rings. The van der Waals surface area contributed by atoms with Crippen LogP contribution in [-0.2, 0) is 9.47 Å². The van der Waals surface area contributed by atoms with Crippen molar-refractivity contribution in [2.75, 3.05) is 39.0 Å². The number of benzene rings is 1. The molecule has 28 heavy (non-hydrogen) atoms. The van der Waals surface area contributed by atoms with Gasteiger partial charge < -0.3 is 24.3 Å². The predicted molar refractivity (Wildman–Crippen MR) is 111 cm³/mol. The summed E-state index contributed by atoms with van der Waals surface area (Å²) in [7, 11) is 3.09. The molecule has 2 rings (SSSR count). The lowest BCUT2D eigenvalue weighted by Crippen LogP contribution is -2.10. The summed E-state index contributed by atoms with van der Waals surface area (Å²) in [6, 6.07) is 5.21. The fourth-order valence-corrected chi connectivity index (χ4v) is 4.29. The largest absolute Gasteiger partial charge is 0.497 e. The maximum Gasteiger partial charge on any atom is 0.350 e. The number of carbonyl (C=O) groups excluding carboxylic acids is 2. The standard InChI is InChI=1S/C19H23NO6S2/c1-6-25-17(21)14-15(16(18(22)26-7-2)28-19(14)27-5)20-12-10-11(23-3)8-9-13(12)24-4/h8-10,20H,6-7H2,1-5H3. The molecule has 152 valence electrons. The van der Waals surface area contributed by atoms with Gasteiger partial charge in [-0.1, -0.05) is 0 Å². The third kappa shape index (κ3) is 4.71. The third-order valence-corrected chi connectivity index (χ3v) is 5.96. The first kappa shape index (κ1) is 21.9. The number of anilines is 2. The molecule has 0 spiro atoms. The summed E-state index contributed by atoms with van der Waals surface area (Å²) in [5, 5.41) is 3.16. The number of esters is 2. The Balaban J connectivity index is 2.64. The van der Waals surface area contributed by atoms with Gasteiger partial charge in [0, 0.05) is 6.07 Å². The number of methoxy groups -OCH3 is 2. The molecule has 1 heterocycles. The van der Waals surface area contributed by atoms with E-state index in [2.05, 4.69) is 5.32 Å². The lowest BCUT2D eigenvalue weighted by molar-refractivity contribution is 0.0524. The van der Waals surface area contributed by atoms with Crippen molar-refractivity contribution in [2.45, 2.75) is 18.1 Å². The van der Waals surface area contributed by atoms with Crippen LogP contribution in [0, 0.1) is 0 Å². The minimum Gasteiger partial charge on any atom is -0.497 e. The zero-order valence-electron chi connectivity index (χ0n) is 16.4.